The van der Waals surface area contributed by atoms with Crippen LogP contribution >= 0.6 is 24.0 Å². The normalized spacial score (nSPS) is 17.0. The summed E-state index contributed by atoms with van der Waals surface area (Å²) in [6, 6.07) is 4.52. The van der Waals surface area contributed by atoms with Gasteiger partial charge in [-0.1, -0.05) is 6.92 Å². The van der Waals surface area contributed by atoms with Gasteiger partial charge in [0, 0.05) is 38.3 Å². The zero-order valence-electron chi connectivity index (χ0n) is 19.5. The fourth-order valence-corrected chi connectivity index (χ4v) is 4.30. The average Bonchev–Trinajstić information content (AvgIpc) is 3.46. The molecule has 3 rings (SSSR count). The van der Waals surface area contributed by atoms with Crippen molar-refractivity contribution in [2.45, 2.75) is 58.9 Å². The Bertz CT molecular complexity index is 801. The van der Waals surface area contributed by atoms with Gasteiger partial charge in [0.05, 0.1) is 18.5 Å². The van der Waals surface area contributed by atoms with Crippen molar-refractivity contribution in [1.29, 1.82) is 0 Å². The number of likely N-dealkylation sites (tertiary alicyclic amines) is 1. The van der Waals surface area contributed by atoms with E-state index in [1.165, 1.54) is 30.6 Å². The van der Waals surface area contributed by atoms with Crippen LogP contribution in [0.3, 0.4) is 0 Å². The highest BCUT2D eigenvalue weighted by atomic mass is 127. The van der Waals surface area contributed by atoms with Crippen LogP contribution in [0.25, 0.3) is 0 Å². The van der Waals surface area contributed by atoms with Crippen LogP contribution in [0.15, 0.2) is 27.8 Å². The molecule has 1 aliphatic rings. The minimum absolute atomic E-state index is 0. The molecule has 0 radical (unpaired) electrons. The third kappa shape index (κ3) is 7.52. The number of furan rings is 1. The van der Waals surface area contributed by atoms with Gasteiger partial charge in [-0.2, -0.15) is 5.10 Å². The Morgan fingerprint density at radius 2 is 2.06 bits per heavy atom. The highest BCUT2D eigenvalue weighted by Gasteiger charge is 2.22. The van der Waals surface area contributed by atoms with Crippen molar-refractivity contribution >= 4 is 29.9 Å². The van der Waals surface area contributed by atoms with E-state index in [9.17, 15) is 0 Å². The van der Waals surface area contributed by atoms with E-state index < -0.39 is 0 Å². The lowest BCUT2D eigenvalue weighted by Crippen LogP contribution is -2.40. The molecule has 174 valence electrons. The second kappa shape index (κ2) is 13.1. The molecule has 3 heterocycles. The first kappa shape index (κ1) is 25.7. The summed E-state index contributed by atoms with van der Waals surface area (Å²) in [5, 5.41) is 11.5. The summed E-state index contributed by atoms with van der Waals surface area (Å²) in [5.41, 5.74) is 3.77. The zero-order chi connectivity index (χ0) is 21.3. The molecule has 0 aliphatic carbocycles. The summed E-state index contributed by atoms with van der Waals surface area (Å²) in [6.07, 6.45) is 7.20. The summed E-state index contributed by atoms with van der Waals surface area (Å²) in [7, 11) is 2.01. The molecule has 7 nitrogen and oxygen atoms in total. The van der Waals surface area contributed by atoms with Crippen molar-refractivity contribution in [3.63, 3.8) is 0 Å². The number of guanidine groups is 1. The van der Waals surface area contributed by atoms with E-state index in [1.807, 2.05) is 23.9 Å². The lowest BCUT2D eigenvalue weighted by molar-refractivity contribution is 0.273. The molecule has 1 saturated heterocycles. The first-order valence-electron chi connectivity index (χ1n) is 11.4. The maximum Gasteiger partial charge on any atom is 0.191 e. The van der Waals surface area contributed by atoms with E-state index in [-0.39, 0.29) is 24.0 Å². The topological polar surface area (TPSA) is 70.6 Å². The van der Waals surface area contributed by atoms with Gasteiger partial charge in [0.2, 0.25) is 0 Å². The van der Waals surface area contributed by atoms with Gasteiger partial charge in [-0.3, -0.25) is 14.6 Å². The van der Waals surface area contributed by atoms with E-state index >= 15 is 0 Å². The highest BCUT2D eigenvalue weighted by Crippen LogP contribution is 2.16. The number of aliphatic imine (C=N–C) groups is 1. The van der Waals surface area contributed by atoms with Crippen LogP contribution < -0.4 is 10.6 Å². The number of nitrogens with one attached hydrogen (secondary N) is 2. The lowest BCUT2D eigenvalue weighted by Gasteiger charge is -2.21. The zero-order valence-corrected chi connectivity index (χ0v) is 21.8. The Labute approximate surface area is 204 Å². The fraction of sp³-hybridized carbons (Fsp3) is 0.652. The van der Waals surface area contributed by atoms with Crippen molar-refractivity contribution in [3.8, 4) is 0 Å². The molecule has 0 saturated carbocycles. The van der Waals surface area contributed by atoms with Gasteiger partial charge in [-0.25, -0.2) is 0 Å². The van der Waals surface area contributed by atoms with E-state index in [1.54, 1.807) is 6.26 Å². The van der Waals surface area contributed by atoms with Crippen LogP contribution in [-0.2, 0) is 19.9 Å². The van der Waals surface area contributed by atoms with Crippen molar-refractivity contribution < 1.29 is 4.42 Å². The first-order valence-corrected chi connectivity index (χ1v) is 11.4. The van der Waals surface area contributed by atoms with Crippen molar-refractivity contribution in [1.82, 2.24) is 25.3 Å². The van der Waals surface area contributed by atoms with Gasteiger partial charge in [0.25, 0.3) is 0 Å². The highest BCUT2D eigenvalue weighted by molar-refractivity contribution is 14.0. The number of aryl methyl sites for hydroxylation is 2. The molecule has 0 aromatic carbocycles. The van der Waals surface area contributed by atoms with Crippen LogP contribution in [0.4, 0.5) is 0 Å². The molecule has 2 N–H and O–H groups in total. The Morgan fingerprint density at radius 1 is 1.26 bits per heavy atom. The summed E-state index contributed by atoms with van der Waals surface area (Å²) < 4.78 is 7.42. The van der Waals surface area contributed by atoms with Crippen LogP contribution in [0, 0.1) is 13.8 Å². The van der Waals surface area contributed by atoms with Crippen molar-refractivity contribution in [2.24, 2.45) is 12.0 Å². The first-order chi connectivity index (χ1) is 14.6. The summed E-state index contributed by atoms with van der Waals surface area (Å²) >= 11 is 0. The van der Waals surface area contributed by atoms with Crippen LogP contribution in [0.1, 0.15) is 48.9 Å². The Balaban J connectivity index is 0.00000341. The molecule has 1 fully saturated rings. The number of aromatic nitrogens is 2. The maximum atomic E-state index is 5.44. The largest absolute Gasteiger partial charge is 0.469 e. The molecule has 0 spiro atoms. The van der Waals surface area contributed by atoms with Gasteiger partial charge in [-0.15, -0.1) is 24.0 Å². The smallest absolute Gasteiger partial charge is 0.191 e. The van der Waals surface area contributed by atoms with Crippen LogP contribution in [0.2, 0.25) is 0 Å². The summed E-state index contributed by atoms with van der Waals surface area (Å²) in [5.74, 6) is 1.90. The molecule has 2 aromatic heterocycles. The molecular weight excluding hydrogens is 503 g/mol. The third-order valence-corrected chi connectivity index (χ3v) is 6.16. The average molecular weight is 543 g/mol. The molecule has 1 aliphatic heterocycles. The second-order valence-electron chi connectivity index (χ2n) is 8.17. The predicted molar refractivity (Wildman–Crippen MR) is 137 cm³/mol. The quantitative estimate of drug-likeness (QED) is 0.208. The molecule has 0 amide bonds. The third-order valence-electron chi connectivity index (χ3n) is 6.16. The Hall–Kier alpha value is -1.55. The van der Waals surface area contributed by atoms with Gasteiger partial charge >= 0.3 is 0 Å². The maximum absolute atomic E-state index is 5.44. The fourth-order valence-electron chi connectivity index (χ4n) is 4.30. The van der Waals surface area contributed by atoms with Gasteiger partial charge < -0.3 is 15.1 Å². The molecule has 8 heteroatoms. The Kier molecular flexibility index (Phi) is 10.9. The van der Waals surface area contributed by atoms with E-state index in [0.717, 1.165) is 62.9 Å². The number of hydrogen-bond acceptors (Lipinski definition) is 4. The number of rotatable bonds is 10. The molecule has 31 heavy (non-hydrogen) atoms. The number of likely N-dealkylation sites (N-methyl/N-ethyl adjacent to an activating group) is 1. The molecule has 2 aromatic rings. The number of halogens is 1. The van der Waals surface area contributed by atoms with E-state index in [2.05, 4.69) is 41.4 Å². The SMILES string of the molecule is CCN1CCCC1CN=C(NCCCc1c(C)nn(C)c1C)NCCc1ccco1.I. The second-order valence-corrected chi connectivity index (χ2v) is 8.17. The molecule has 1 unspecified atom stereocenters. The molecule has 0 bridgehead atoms. The van der Waals surface area contributed by atoms with Gasteiger partial charge in [-0.05, 0) is 70.3 Å². The van der Waals surface area contributed by atoms with E-state index in [0.29, 0.717) is 6.04 Å². The number of nitrogens with zero attached hydrogens (tertiary/aromatic N) is 4. The lowest BCUT2D eigenvalue weighted by atomic mass is 10.1. The van der Waals surface area contributed by atoms with Crippen molar-refractivity contribution in [3.05, 3.63) is 41.1 Å². The van der Waals surface area contributed by atoms with Crippen LogP contribution in [0.5, 0.6) is 0 Å². The predicted octanol–water partition coefficient (Wildman–Crippen LogP) is 3.44. The molecule has 1 atom stereocenters. The summed E-state index contributed by atoms with van der Waals surface area (Å²) in [4.78, 5) is 7.45. The Morgan fingerprint density at radius 3 is 2.74 bits per heavy atom. The minimum atomic E-state index is 0. The standard InChI is InChI=1S/C23H38N6O.HI/c1-5-29-15-7-9-20(29)17-26-23(25-14-12-21-10-8-16-30-21)24-13-6-11-22-18(2)27-28(4)19(22)3;/h8,10,16,20H,5-7,9,11-15,17H2,1-4H3,(H2,24,25,26);1H. The summed E-state index contributed by atoms with van der Waals surface area (Å²) in [6.45, 7) is 11.3. The van der Waals surface area contributed by atoms with Gasteiger partial charge in [0.15, 0.2) is 5.96 Å². The molecular formula is C23H39IN6O. The van der Waals surface area contributed by atoms with Gasteiger partial charge in [0.1, 0.15) is 5.76 Å². The van der Waals surface area contributed by atoms with Crippen molar-refractivity contribution in [2.75, 3.05) is 32.7 Å². The number of hydrogen-bond donors (Lipinski definition) is 2. The van der Waals surface area contributed by atoms with E-state index in [4.69, 9.17) is 9.41 Å². The monoisotopic (exact) mass is 542 g/mol. The minimum Gasteiger partial charge on any atom is -0.469 e. The van der Waals surface area contributed by atoms with Crippen LogP contribution in [-0.4, -0.2) is 59.4 Å².